The minimum absolute atomic E-state index is 0.00789. The van der Waals surface area contributed by atoms with Crippen molar-refractivity contribution in [3.63, 3.8) is 0 Å². The molecule has 0 bridgehead atoms. The summed E-state index contributed by atoms with van der Waals surface area (Å²) in [6.45, 7) is 2.75. The van der Waals surface area contributed by atoms with Crippen molar-refractivity contribution in [2.45, 2.75) is 32.1 Å². The van der Waals surface area contributed by atoms with Crippen molar-refractivity contribution in [2.24, 2.45) is 0 Å². The van der Waals surface area contributed by atoms with E-state index in [1.165, 1.54) is 0 Å². The summed E-state index contributed by atoms with van der Waals surface area (Å²) in [4.78, 5) is 22.6. The molecule has 1 saturated heterocycles. The van der Waals surface area contributed by atoms with Crippen molar-refractivity contribution in [2.75, 3.05) is 6.61 Å². The first kappa shape index (κ1) is 12.6. The van der Waals surface area contributed by atoms with E-state index in [4.69, 9.17) is 4.74 Å². The lowest BCUT2D eigenvalue weighted by Crippen LogP contribution is -2.37. The van der Waals surface area contributed by atoms with Gasteiger partial charge in [0.15, 0.2) is 0 Å². The largest absolute Gasteiger partial charge is 0.494 e. The van der Waals surface area contributed by atoms with Crippen LogP contribution in [0.15, 0.2) is 24.3 Å². The van der Waals surface area contributed by atoms with Gasteiger partial charge in [-0.1, -0.05) is 19.1 Å². The molecule has 1 heterocycles. The van der Waals surface area contributed by atoms with E-state index in [2.05, 4.69) is 12.2 Å². The van der Waals surface area contributed by atoms with E-state index in [0.717, 1.165) is 17.7 Å². The van der Waals surface area contributed by atoms with Gasteiger partial charge in [0.05, 0.1) is 6.61 Å². The number of benzene rings is 1. The summed E-state index contributed by atoms with van der Waals surface area (Å²) >= 11 is 0. The molecule has 4 heteroatoms. The van der Waals surface area contributed by atoms with Crippen molar-refractivity contribution in [3.05, 3.63) is 29.8 Å². The zero-order valence-corrected chi connectivity index (χ0v) is 10.4. The third kappa shape index (κ3) is 3.09. The summed E-state index contributed by atoms with van der Waals surface area (Å²) in [5.41, 5.74) is 1.02. The molecule has 0 aromatic heterocycles. The Balaban J connectivity index is 2.04. The molecule has 4 nitrogen and oxygen atoms in total. The molecule has 1 aliphatic heterocycles. The van der Waals surface area contributed by atoms with Crippen LogP contribution in [0.25, 0.3) is 0 Å². The molecule has 0 aliphatic carbocycles. The number of amides is 2. The first-order valence-electron chi connectivity index (χ1n) is 6.24. The molecule has 2 amide bonds. The number of hydrogen-bond acceptors (Lipinski definition) is 3. The Morgan fingerprint density at radius 2 is 1.78 bits per heavy atom. The van der Waals surface area contributed by atoms with Crippen LogP contribution < -0.4 is 10.1 Å². The SMILES string of the molecule is CCCOc1ccc(C2CC(=O)NC(=O)C2)cc1. The van der Waals surface area contributed by atoms with Crippen molar-refractivity contribution >= 4 is 11.8 Å². The number of imide groups is 1. The zero-order chi connectivity index (χ0) is 13.0. The van der Waals surface area contributed by atoms with Gasteiger partial charge in [0.1, 0.15) is 5.75 Å². The maximum Gasteiger partial charge on any atom is 0.227 e. The Kier molecular flexibility index (Phi) is 3.97. The highest BCUT2D eigenvalue weighted by Gasteiger charge is 2.25. The van der Waals surface area contributed by atoms with E-state index in [1.807, 2.05) is 24.3 Å². The van der Waals surface area contributed by atoms with E-state index in [-0.39, 0.29) is 17.7 Å². The summed E-state index contributed by atoms with van der Waals surface area (Å²) in [5.74, 6) is 0.434. The van der Waals surface area contributed by atoms with Gasteiger partial charge in [-0.15, -0.1) is 0 Å². The topological polar surface area (TPSA) is 55.4 Å². The van der Waals surface area contributed by atoms with Crippen LogP contribution in [-0.2, 0) is 9.59 Å². The number of nitrogens with one attached hydrogen (secondary N) is 1. The maximum absolute atomic E-state index is 11.3. The third-order valence-corrected chi connectivity index (χ3v) is 2.97. The van der Waals surface area contributed by atoms with E-state index < -0.39 is 0 Å². The number of rotatable bonds is 4. The van der Waals surface area contributed by atoms with E-state index in [9.17, 15) is 9.59 Å². The molecule has 1 fully saturated rings. The normalized spacial score (nSPS) is 16.5. The molecule has 1 aromatic carbocycles. The smallest absolute Gasteiger partial charge is 0.227 e. The monoisotopic (exact) mass is 247 g/mol. The summed E-state index contributed by atoms with van der Waals surface area (Å²) < 4.78 is 5.49. The first-order valence-corrected chi connectivity index (χ1v) is 6.24. The predicted molar refractivity (Wildman–Crippen MR) is 67.4 cm³/mol. The number of carbonyl (C=O) groups excluding carboxylic acids is 2. The lowest BCUT2D eigenvalue weighted by Gasteiger charge is -2.21. The minimum Gasteiger partial charge on any atom is -0.494 e. The van der Waals surface area contributed by atoms with Crippen molar-refractivity contribution in [1.82, 2.24) is 5.32 Å². The Hall–Kier alpha value is -1.84. The van der Waals surface area contributed by atoms with Crippen LogP contribution in [0.4, 0.5) is 0 Å². The van der Waals surface area contributed by atoms with Gasteiger partial charge in [0.25, 0.3) is 0 Å². The second kappa shape index (κ2) is 5.67. The fraction of sp³-hybridized carbons (Fsp3) is 0.429. The van der Waals surface area contributed by atoms with Gasteiger partial charge in [0, 0.05) is 18.8 Å². The minimum atomic E-state index is -0.192. The average Bonchev–Trinajstić information content (AvgIpc) is 2.36. The van der Waals surface area contributed by atoms with E-state index in [1.54, 1.807) is 0 Å². The van der Waals surface area contributed by atoms with Crippen molar-refractivity contribution in [1.29, 1.82) is 0 Å². The number of hydrogen-bond donors (Lipinski definition) is 1. The molecule has 0 radical (unpaired) electrons. The molecular weight excluding hydrogens is 230 g/mol. The molecule has 96 valence electrons. The van der Waals surface area contributed by atoms with Gasteiger partial charge < -0.3 is 4.74 Å². The third-order valence-electron chi connectivity index (χ3n) is 2.97. The summed E-state index contributed by atoms with van der Waals surface area (Å²) in [7, 11) is 0. The Morgan fingerprint density at radius 3 is 2.33 bits per heavy atom. The fourth-order valence-electron chi connectivity index (χ4n) is 2.07. The van der Waals surface area contributed by atoms with Gasteiger partial charge in [-0.2, -0.15) is 0 Å². The number of piperidine rings is 1. The lowest BCUT2D eigenvalue weighted by molar-refractivity contribution is -0.133. The van der Waals surface area contributed by atoms with Gasteiger partial charge >= 0.3 is 0 Å². The van der Waals surface area contributed by atoms with Crippen LogP contribution in [0.5, 0.6) is 5.75 Å². The molecule has 1 N–H and O–H groups in total. The highest BCUT2D eigenvalue weighted by atomic mass is 16.5. The molecular formula is C14H17NO3. The maximum atomic E-state index is 11.3. The fourth-order valence-corrected chi connectivity index (χ4v) is 2.07. The predicted octanol–water partition coefficient (Wildman–Crippen LogP) is 2.00. The van der Waals surface area contributed by atoms with Gasteiger partial charge in [-0.05, 0) is 24.1 Å². The standard InChI is InChI=1S/C14H17NO3/c1-2-7-18-12-5-3-10(4-6-12)11-8-13(16)15-14(17)9-11/h3-6,11H,2,7-9H2,1H3,(H,15,16,17). The molecule has 1 aromatic rings. The molecule has 0 spiro atoms. The highest BCUT2D eigenvalue weighted by Crippen LogP contribution is 2.27. The van der Waals surface area contributed by atoms with Crippen LogP contribution in [0.1, 0.15) is 37.7 Å². The molecule has 0 saturated carbocycles. The summed E-state index contributed by atoms with van der Waals surface area (Å²) in [6, 6.07) is 7.65. The van der Waals surface area contributed by atoms with Crippen LogP contribution in [0.3, 0.4) is 0 Å². The molecule has 18 heavy (non-hydrogen) atoms. The number of ether oxygens (including phenoxy) is 1. The van der Waals surface area contributed by atoms with Gasteiger partial charge in [-0.3, -0.25) is 14.9 Å². The van der Waals surface area contributed by atoms with E-state index >= 15 is 0 Å². The quantitative estimate of drug-likeness (QED) is 0.828. The molecule has 2 rings (SSSR count). The van der Waals surface area contributed by atoms with Crippen LogP contribution in [-0.4, -0.2) is 18.4 Å². The average molecular weight is 247 g/mol. The highest BCUT2D eigenvalue weighted by molar-refractivity contribution is 5.98. The number of carbonyl (C=O) groups is 2. The van der Waals surface area contributed by atoms with Crippen LogP contribution in [0, 0.1) is 0 Å². The van der Waals surface area contributed by atoms with Gasteiger partial charge in [-0.25, -0.2) is 0 Å². The Morgan fingerprint density at radius 1 is 1.17 bits per heavy atom. The first-order chi connectivity index (χ1) is 8.69. The lowest BCUT2D eigenvalue weighted by atomic mass is 9.89. The van der Waals surface area contributed by atoms with E-state index in [0.29, 0.717) is 19.4 Å². The second-order valence-corrected chi connectivity index (χ2v) is 4.49. The molecule has 1 aliphatic rings. The summed E-state index contributed by atoms with van der Waals surface area (Å²) in [5, 5.41) is 2.32. The molecule has 0 atom stereocenters. The Bertz CT molecular complexity index is 423. The summed E-state index contributed by atoms with van der Waals surface area (Å²) in [6.07, 6.45) is 1.72. The van der Waals surface area contributed by atoms with Crippen molar-refractivity contribution < 1.29 is 14.3 Å². The van der Waals surface area contributed by atoms with Crippen molar-refractivity contribution in [3.8, 4) is 5.75 Å². The van der Waals surface area contributed by atoms with Crippen LogP contribution in [0.2, 0.25) is 0 Å². The van der Waals surface area contributed by atoms with Crippen LogP contribution >= 0.6 is 0 Å². The second-order valence-electron chi connectivity index (χ2n) is 4.49. The van der Waals surface area contributed by atoms with Gasteiger partial charge in [0.2, 0.25) is 11.8 Å². The zero-order valence-electron chi connectivity index (χ0n) is 10.4. The molecule has 0 unspecified atom stereocenters. The Labute approximate surface area is 106 Å².